The van der Waals surface area contributed by atoms with Crippen molar-refractivity contribution in [2.75, 3.05) is 5.32 Å². The fourth-order valence-electron chi connectivity index (χ4n) is 5.55. The maximum absolute atomic E-state index is 13.1. The number of Topliss-reactive ketones (excluding diaryl/α,β-unsaturated/α-hetero) is 1. The predicted molar refractivity (Wildman–Crippen MR) is 148 cm³/mol. The molecule has 0 radical (unpaired) electrons. The highest BCUT2D eigenvalue weighted by atomic mass is 16.6. The lowest BCUT2D eigenvalue weighted by molar-refractivity contribution is -0.140. The van der Waals surface area contributed by atoms with E-state index < -0.39 is 23.6 Å². The molecule has 1 fully saturated rings. The second-order valence-corrected chi connectivity index (χ2v) is 10.5. The third-order valence-electron chi connectivity index (χ3n) is 7.99. The summed E-state index contributed by atoms with van der Waals surface area (Å²) < 4.78 is 11.2. The van der Waals surface area contributed by atoms with Crippen LogP contribution in [-0.2, 0) is 21.4 Å². The molecule has 2 aliphatic rings. The molecule has 3 aromatic carbocycles. The first-order valence-corrected chi connectivity index (χ1v) is 13.3. The average molecular weight is 537 g/mol. The molecule has 4 aromatic rings. The first kappa shape index (κ1) is 25.6. The lowest BCUT2D eigenvalue weighted by Crippen LogP contribution is -2.19. The Hall–Kier alpha value is -4.72. The van der Waals surface area contributed by atoms with Crippen LogP contribution in [0, 0.1) is 6.92 Å². The van der Waals surface area contributed by atoms with Crippen LogP contribution in [-0.4, -0.2) is 28.1 Å². The van der Waals surface area contributed by atoms with Gasteiger partial charge in [-0.2, -0.15) is 0 Å². The van der Waals surface area contributed by atoms with Crippen LogP contribution in [0.5, 0.6) is 0 Å². The molecule has 1 atom stereocenters. The summed E-state index contributed by atoms with van der Waals surface area (Å²) in [7, 11) is 0. The average Bonchev–Trinajstić information content (AvgIpc) is 3.59. The van der Waals surface area contributed by atoms with Crippen LogP contribution >= 0.6 is 0 Å². The SMILES string of the molecule is Cc1noc(-c2ccc(-c3ccc(C4(C(=O)O)CC4)cc3)c3c2C(=O)CC3)c1NC(=O)OC(C)c1ccccc1. The number of carboxylic acids is 1. The zero-order valence-electron chi connectivity index (χ0n) is 22.2. The molecule has 1 unspecified atom stereocenters. The van der Waals surface area contributed by atoms with Crippen molar-refractivity contribution in [3.05, 3.63) is 94.7 Å². The maximum Gasteiger partial charge on any atom is 0.412 e. The molecule has 0 bridgehead atoms. The summed E-state index contributed by atoms with van der Waals surface area (Å²) in [5, 5.41) is 16.5. The number of hydrogen-bond donors (Lipinski definition) is 2. The Morgan fingerprint density at radius 1 is 1.00 bits per heavy atom. The quantitative estimate of drug-likeness (QED) is 0.264. The first-order valence-electron chi connectivity index (χ1n) is 13.3. The maximum atomic E-state index is 13.1. The van der Waals surface area contributed by atoms with Crippen molar-refractivity contribution >= 4 is 23.5 Å². The number of aliphatic carboxylic acids is 1. The largest absolute Gasteiger partial charge is 0.481 e. The van der Waals surface area contributed by atoms with Crippen molar-refractivity contribution in [2.24, 2.45) is 0 Å². The predicted octanol–water partition coefficient (Wildman–Crippen LogP) is 6.87. The molecule has 8 nitrogen and oxygen atoms in total. The molecular weight excluding hydrogens is 508 g/mol. The number of rotatable bonds is 7. The molecule has 0 aliphatic heterocycles. The first-order chi connectivity index (χ1) is 19.3. The lowest BCUT2D eigenvalue weighted by atomic mass is 9.90. The number of aryl methyl sites for hydroxylation is 1. The summed E-state index contributed by atoms with van der Waals surface area (Å²) in [5.41, 5.74) is 5.55. The van der Waals surface area contributed by atoms with Crippen LogP contribution in [0.1, 0.15) is 65.0 Å². The number of amides is 1. The van der Waals surface area contributed by atoms with Gasteiger partial charge in [0.05, 0.1) is 5.41 Å². The van der Waals surface area contributed by atoms with Gasteiger partial charge in [0.2, 0.25) is 0 Å². The topological polar surface area (TPSA) is 119 Å². The number of carboxylic acid groups (broad SMARTS) is 1. The standard InChI is InChI=1S/C32H28N2O6/c1-18-28(33-31(38)39-19(2)20-6-4-3-5-7-20)29(40-34-18)25-13-12-23(24-14-15-26(35)27(24)25)21-8-10-22(11-9-21)32(16-17-32)30(36)37/h3-13,19H,14-17H2,1-2H3,(H,33,38)(H,36,37). The number of ether oxygens (including phenoxy) is 1. The van der Waals surface area contributed by atoms with Crippen LogP contribution in [0.2, 0.25) is 0 Å². The number of carbonyl (C=O) groups excluding carboxylic acids is 2. The zero-order valence-corrected chi connectivity index (χ0v) is 22.2. The van der Waals surface area contributed by atoms with E-state index in [1.165, 1.54) is 0 Å². The smallest absolute Gasteiger partial charge is 0.412 e. The molecular formula is C32H28N2O6. The zero-order chi connectivity index (χ0) is 28.0. The number of fused-ring (bicyclic) bond motifs is 1. The van der Waals surface area contributed by atoms with E-state index >= 15 is 0 Å². The van der Waals surface area contributed by atoms with E-state index in [4.69, 9.17) is 9.26 Å². The highest BCUT2D eigenvalue weighted by Gasteiger charge is 2.51. The van der Waals surface area contributed by atoms with Crippen molar-refractivity contribution < 1.29 is 28.8 Å². The van der Waals surface area contributed by atoms with Crippen LogP contribution in [0.3, 0.4) is 0 Å². The fraction of sp³-hybridized carbons (Fsp3) is 0.250. The Morgan fingerprint density at radius 2 is 1.70 bits per heavy atom. The number of ketones is 1. The lowest BCUT2D eigenvalue weighted by Gasteiger charge is -2.15. The van der Waals surface area contributed by atoms with E-state index in [9.17, 15) is 19.5 Å². The summed E-state index contributed by atoms with van der Waals surface area (Å²) in [6.45, 7) is 3.50. The monoisotopic (exact) mass is 536 g/mol. The Kier molecular flexibility index (Phi) is 6.25. The summed E-state index contributed by atoms with van der Waals surface area (Å²) in [6, 6.07) is 20.8. The number of aromatic nitrogens is 1. The highest BCUT2D eigenvalue weighted by molar-refractivity contribution is 6.09. The van der Waals surface area contributed by atoms with Gasteiger partial charge >= 0.3 is 12.1 Å². The van der Waals surface area contributed by atoms with E-state index in [-0.39, 0.29) is 5.78 Å². The third-order valence-corrected chi connectivity index (χ3v) is 7.99. The van der Waals surface area contributed by atoms with Gasteiger partial charge in [0.25, 0.3) is 0 Å². The summed E-state index contributed by atoms with van der Waals surface area (Å²) >= 11 is 0. The van der Waals surface area contributed by atoms with Gasteiger partial charge in [0.15, 0.2) is 11.5 Å². The molecule has 2 N–H and O–H groups in total. The third kappa shape index (κ3) is 4.35. The molecule has 2 aliphatic carbocycles. The molecule has 202 valence electrons. The molecule has 6 rings (SSSR count). The van der Waals surface area contributed by atoms with Gasteiger partial charge in [0, 0.05) is 17.5 Å². The van der Waals surface area contributed by atoms with Crippen molar-refractivity contribution in [1.29, 1.82) is 0 Å². The molecule has 0 spiro atoms. The minimum Gasteiger partial charge on any atom is -0.481 e. The van der Waals surface area contributed by atoms with Gasteiger partial charge in [-0.1, -0.05) is 65.8 Å². The van der Waals surface area contributed by atoms with Gasteiger partial charge in [-0.05, 0) is 67.0 Å². The van der Waals surface area contributed by atoms with Gasteiger partial charge in [-0.15, -0.1) is 0 Å². The van der Waals surface area contributed by atoms with Crippen molar-refractivity contribution in [2.45, 2.75) is 51.0 Å². The normalized spacial score (nSPS) is 15.8. The van der Waals surface area contributed by atoms with Crippen molar-refractivity contribution in [3.8, 4) is 22.5 Å². The molecule has 0 saturated heterocycles. The number of hydrogen-bond acceptors (Lipinski definition) is 6. The molecule has 1 saturated carbocycles. The highest BCUT2D eigenvalue weighted by Crippen LogP contribution is 2.49. The fourth-order valence-corrected chi connectivity index (χ4v) is 5.55. The molecule has 40 heavy (non-hydrogen) atoms. The Morgan fingerprint density at radius 3 is 2.38 bits per heavy atom. The van der Waals surface area contributed by atoms with Crippen LogP contribution in [0.25, 0.3) is 22.5 Å². The van der Waals surface area contributed by atoms with Crippen LogP contribution in [0.15, 0.2) is 71.3 Å². The minimum absolute atomic E-state index is 0.00781. The number of benzene rings is 3. The van der Waals surface area contributed by atoms with Gasteiger partial charge in [-0.25, -0.2) is 4.79 Å². The number of nitrogens with one attached hydrogen (secondary N) is 1. The summed E-state index contributed by atoms with van der Waals surface area (Å²) in [6.07, 6.45) is 1.11. The molecule has 1 amide bonds. The van der Waals surface area contributed by atoms with E-state index in [1.807, 2.05) is 66.7 Å². The van der Waals surface area contributed by atoms with Gasteiger partial charge in [-0.3, -0.25) is 14.9 Å². The van der Waals surface area contributed by atoms with Crippen molar-refractivity contribution in [1.82, 2.24) is 5.16 Å². The van der Waals surface area contributed by atoms with E-state index in [1.54, 1.807) is 13.8 Å². The van der Waals surface area contributed by atoms with Crippen LogP contribution in [0.4, 0.5) is 10.5 Å². The second kappa shape index (κ2) is 9.79. The molecule has 1 heterocycles. The Labute approximate surface area is 231 Å². The van der Waals surface area contributed by atoms with Gasteiger partial charge < -0.3 is 14.4 Å². The number of carbonyl (C=O) groups is 3. The van der Waals surface area contributed by atoms with Crippen molar-refractivity contribution in [3.63, 3.8) is 0 Å². The molecule has 1 aromatic heterocycles. The number of nitrogens with zero attached hydrogens (tertiary/aromatic N) is 1. The Balaban J connectivity index is 1.30. The van der Waals surface area contributed by atoms with E-state index in [0.717, 1.165) is 27.8 Å². The summed E-state index contributed by atoms with van der Waals surface area (Å²) in [5.74, 6) is -0.500. The van der Waals surface area contributed by atoms with E-state index in [2.05, 4.69) is 10.5 Å². The minimum atomic E-state index is -0.790. The van der Waals surface area contributed by atoms with Crippen LogP contribution < -0.4 is 5.32 Å². The molecule has 8 heteroatoms. The number of anilines is 1. The summed E-state index contributed by atoms with van der Waals surface area (Å²) in [4.78, 5) is 37.6. The Bertz CT molecular complexity index is 1630. The van der Waals surface area contributed by atoms with Gasteiger partial charge in [0.1, 0.15) is 17.5 Å². The second-order valence-electron chi connectivity index (χ2n) is 10.5. The van der Waals surface area contributed by atoms with E-state index in [0.29, 0.717) is 54.0 Å².